The van der Waals surface area contributed by atoms with E-state index in [1.165, 1.54) is 94.6 Å². The Morgan fingerprint density at radius 2 is 0.900 bits per heavy atom. The molecule has 0 aromatic carbocycles. The van der Waals surface area contributed by atoms with Crippen LogP contribution < -0.4 is 17.0 Å². The standard InChI is InChI=1S/C18H40N.BrH/c1-5-7-8-9-10-11-12-13-14-15-16-18-19(3,4)17-6-2;/h5-18H2,1-4H3;1H/q+1;/p-1. The summed E-state index contributed by atoms with van der Waals surface area (Å²) in [6.45, 7) is 7.28. The summed E-state index contributed by atoms with van der Waals surface area (Å²) in [4.78, 5) is 0. The fourth-order valence-electron chi connectivity index (χ4n) is 2.92. The second-order valence-electron chi connectivity index (χ2n) is 6.92. The van der Waals surface area contributed by atoms with Crippen LogP contribution in [0.3, 0.4) is 0 Å². The first-order chi connectivity index (χ1) is 9.12. The minimum absolute atomic E-state index is 0. The van der Waals surface area contributed by atoms with Crippen LogP contribution in [0, 0.1) is 0 Å². The fraction of sp³-hybridized carbons (Fsp3) is 1.00. The smallest absolute Gasteiger partial charge is 0.0782 e. The van der Waals surface area contributed by atoms with Crippen LogP contribution in [0.1, 0.15) is 90.9 Å². The van der Waals surface area contributed by atoms with Crippen LogP contribution in [0.25, 0.3) is 0 Å². The van der Waals surface area contributed by atoms with E-state index in [0.29, 0.717) is 0 Å². The molecular formula is C18H40BrN. The lowest BCUT2D eigenvalue weighted by Gasteiger charge is -2.29. The Hall–Kier alpha value is 0.440. The zero-order chi connectivity index (χ0) is 14.4. The molecule has 0 aliphatic rings. The highest BCUT2D eigenvalue weighted by molar-refractivity contribution is 4.48. The molecule has 0 radical (unpaired) electrons. The number of rotatable bonds is 14. The summed E-state index contributed by atoms with van der Waals surface area (Å²) in [5, 5.41) is 0. The first kappa shape index (κ1) is 22.7. The minimum Gasteiger partial charge on any atom is -1.00 e. The average molecular weight is 350 g/mol. The number of halogens is 1. The molecule has 0 unspecified atom stereocenters. The van der Waals surface area contributed by atoms with Gasteiger partial charge in [-0.05, 0) is 19.3 Å². The van der Waals surface area contributed by atoms with Gasteiger partial charge in [0.1, 0.15) is 0 Å². The Morgan fingerprint density at radius 3 is 1.30 bits per heavy atom. The largest absolute Gasteiger partial charge is 1.00 e. The first-order valence-electron chi connectivity index (χ1n) is 8.94. The molecule has 0 bridgehead atoms. The van der Waals surface area contributed by atoms with Crippen molar-refractivity contribution in [1.29, 1.82) is 0 Å². The Labute approximate surface area is 139 Å². The molecule has 0 N–H and O–H groups in total. The van der Waals surface area contributed by atoms with Gasteiger partial charge in [-0.2, -0.15) is 0 Å². The van der Waals surface area contributed by atoms with Crippen molar-refractivity contribution in [2.45, 2.75) is 90.9 Å². The zero-order valence-electron chi connectivity index (χ0n) is 14.7. The highest BCUT2D eigenvalue weighted by atomic mass is 79.9. The Morgan fingerprint density at radius 1 is 0.500 bits per heavy atom. The summed E-state index contributed by atoms with van der Waals surface area (Å²) in [5.41, 5.74) is 0. The van der Waals surface area contributed by atoms with E-state index in [9.17, 15) is 0 Å². The van der Waals surface area contributed by atoms with E-state index in [-0.39, 0.29) is 17.0 Å². The van der Waals surface area contributed by atoms with Crippen LogP contribution in [-0.4, -0.2) is 31.7 Å². The average Bonchev–Trinajstić information content (AvgIpc) is 2.36. The molecule has 0 aliphatic heterocycles. The van der Waals surface area contributed by atoms with Crippen LogP contribution >= 0.6 is 0 Å². The van der Waals surface area contributed by atoms with Gasteiger partial charge >= 0.3 is 0 Å². The van der Waals surface area contributed by atoms with Gasteiger partial charge in [-0.25, -0.2) is 0 Å². The monoisotopic (exact) mass is 349 g/mol. The molecule has 0 saturated heterocycles. The minimum atomic E-state index is 0. The molecule has 0 amide bonds. The number of unbranched alkanes of at least 4 members (excludes halogenated alkanes) is 10. The van der Waals surface area contributed by atoms with Crippen molar-refractivity contribution in [2.24, 2.45) is 0 Å². The summed E-state index contributed by atoms with van der Waals surface area (Å²) >= 11 is 0. The first-order valence-corrected chi connectivity index (χ1v) is 8.94. The SMILES string of the molecule is CCCCCCCCCCCCC[N+](C)(C)CCC.[Br-]. The topological polar surface area (TPSA) is 0 Å². The molecule has 0 aliphatic carbocycles. The van der Waals surface area contributed by atoms with Crippen molar-refractivity contribution < 1.29 is 21.5 Å². The van der Waals surface area contributed by atoms with E-state index in [4.69, 9.17) is 0 Å². The van der Waals surface area contributed by atoms with Crippen LogP contribution in [-0.2, 0) is 0 Å². The molecule has 0 fully saturated rings. The summed E-state index contributed by atoms with van der Waals surface area (Å²) in [6.07, 6.45) is 17.3. The van der Waals surface area contributed by atoms with E-state index in [1.54, 1.807) is 0 Å². The third-order valence-corrected chi connectivity index (χ3v) is 4.20. The molecule has 0 aromatic heterocycles. The van der Waals surface area contributed by atoms with Gasteiger partial charge in [0.15, 0.2) is 0 Å². The van der Waals surface area contributed by atoms with Crippen molar-refractivity contribution in [3.63, 3.8) is 0 Å². The van der Waals surface area contributed by atoms with Gasteiger partial charge in [0.25, 0.3) is 0 Å². The molecule has 0 spiro atoms. The fourth-order valence-corrected chi connectivity index (χ4v) is 2.92. The van der Waals surface area contributed by atoms with Crippen LogP contribution in [0.15, 0.2) is 0 Å². The second kappa shape index (κ2) is 15.8. The van der Waals surface area contributed by atoms with Crippen LogP contribution in [0.4, 0.5) is 0 Å². The Bertz CT molecular complexity index is 180. The van der Waals surface area contributed by atoms with Gasteiger partial charge in [0.2, 0.25) is 0 Å². The Balaban J connectivity index is 0. The normalized spacial score (nSPS) is 11.4. The van der Waals surface area contributed by atoms with E-state index in [1.807, 2.05) is 0 Å². The summed E-state index contributed by atoms with van der Waals surface area (Å²) < 4.78 is 1.22. The molecule has 0 aromatic rings. The Kier molecular flexibility index (Phi) is 18.0. The van der Waals surface area contributed by atoms with Crippen molar-refractivity contribution in [1.82, 2.24) is 0 Å². The molecule has 2 heteroatoms. The maximum Gasteiger partial charge on any atom is 0.0782 e. The third kappa shape index (κ3) is 16.5. The predicted molar refractivity (Wildman–Crippen MR) is 88.6 cm³/mol. The zero-order valence-corrected chi connectivity index (χ0v) is 16.3. The molecular weight excluding hydrogens is 310 g/mol. The number of hydrogen-bond donors (Lipinski definition) is 0. The summed E-state index contributed by atoms with van der Waals surface area (Å²) in [6, 6.07) is 0. The van der Waals surface area contributed by atoms with E-state index >= 15 is 0 Å². The lowest BCUT2D eigenvalue weighted by Crippen LogP contribution is -3.00. The van der Waals surface area contributed by atoms with E-state index < -0.39 is 0 Å². The van der Waals surface area contributed by atoms with E-state index in [0.717, 1.165) is 0 Å². The van der Waals surface area contributed by atoms with Gasteiger partial charge in [-0.1, -0.05) is 71.6 Å². The quantitative estimate of drug-likeness (QED) is 0.334. The highest BCUT2D eigenvalue weighted by Gasteiger charge is 2.11. The third-order valence-electron chi connectivity index (χ3n) is 4.20. The number of quaternary nitrogens is 1. The summed E-state index contributed by atoms with van der Waals surface area (Å²) in [7, 11) is 4.75. The summed E-state index contributed by atoms with van der Waals surface area (Å²) in [5.74, 6) is 0. The second-order valence-corrected chi connectivity index (χ2v) is 6.92. The molecule has 0 heterocycles. The molecule has 0 saturated carbocycles. The van der Waals surface area contributed by atoms with Crippen molar-refractivity contribution in [3.8, 4) is 0 Å². The van der Waals surface area contributed by atoms with Crippen LogP contribution in [0.5, 0.6) is 0 Å². The van der Waals surface area contributed by atoms with Gasteiger partial charge < -0.3 is 21.5 Å². The molecule has 0 rings (SSSR count). The maximum atomic E-state index is 2.37. The lowest BCUT2D eigenvalue weighted by molar-refractivity contribution is -0.890. The molecule has 1 nitrogen and oxygen atoms in total. The highest BCUT2D eigenvalue weighted by Crippen LogP contribution is 2.12. The molecule has 20 heavy (non-hydrogen) atoms. The van der Waals surface area contributed by atoms with Crippen molar-refractivity contribution in [3.05, 3.63) is 0 Å². The number of hydrogen-bond acceptors (Lipinski definition) is 0. The van der Waals surface area contributed by atoms with Gasteiger partial charge in [0.05, 0.1) is 27.2 Å². The maximum absolute atomic E-state index is 2.37. The van der Waals surface area contributed by atoms with Gasteiger partial charge in [-0.3, -0.25) is 0 Å². The van der Waals surface area contributed by atoms with Crippen LogP contribution in [0.2, 0.25) is 0 Å². The lowest BCUT2D eigenvalue weighted by atomic mass is 10.1. The molecule has 124 valence electrons. The predicted octanol–water partition coefficient (Wildman–Crippen LogP) is 2.79. The van der Waals surface area contributed by atoms with Gasteiger partial charge in [0, 0.05) is 0 Å². The van der Waals surface area contributed by atoms with Gasteiger partial charge in [-0.15, -0.1) is 0 Å². The molecule has 0 atom stereocenters. The van der Waals surface area contributed by atoms with Crippen molar-refractivity contribution >= 4 is 0 Å². The number of nitrogens with zero attached hydrogens (tertiary/aromatic N) is 1. The van der Waals surface area contributed by atoms with E-state index in [2.05, 4.69) is 27.9 Å². The van der Waals surface area contributed by atoms with Crippen molar-refractivity contribution in [2.75, 3.05) is 27.2 Å².